The molecule has 0 saturated heterocycles. The molecule has 0 bridgehead atoms. The first-order valence-electron chi connectivity index (χ1n) is 8.89. The van der Waals surface area contributed by atoms with Gasteiger partial charge in [-0.05, 0) is 37.1 Å². The minimum absolute atomic E-state index is 0.763. The van der Waals surface area contributed by atoms with Crippen LogP contribution in [0.5, 0.6) is 0 Å². The van der Waals surface area contributed by atoms with E-state index in [1.807, 2.05) is 6.07 Å². The SMILES string of the molecule is c1cnc(-c2ccc3c(c2)nc2n3CCN(C3CCC3)CC2)nc1. The molecule has 0 radical (unpaired) electrons. The highest BCUT2D eigenvalue weighted by molar-refractivity contribution is 5.81. The third-order valence-electron chi connectivity index (χ3n) is 5.48. The zero-order chi connectivity index (χ0) is 15.9. The maximum Gasteiger partial charge on any atom is 0.159 e. The number of benzene rings is 1. The average Bonchev–Trinajstić information content (AvgIpc) is 2.81. The summed E-state index contributed by atoms with van der Waals surface area (Å²) < 4.78 is 2.41. The van der Waals surface area contributed by atoms with Crippen LogP contribution in [0.3, 0.4) is 0 Å². The molecule has 2 aliphatic rings. The molecular formula is C19H21N5. The second-order valence-electron chi connectivity index (χ2n) is 6.83. The van der Waals surface area contributed by atoms with Crippen LogP contribution >= 0.6 is 0 Å². The van der Waals surface area contributed by atoms with Gasteiger partial charge in [0.2, 0.25) is 0 Å². The molecule has 1 aliphatic heterocycles. The van der Waals surface area contributed by atoms with Crippen LogP contribution in [-0.4, -0.2) is 43.6 Å². The van der Waals surface area contributed by atoms with Gasteiger partial charge in [-0.2, -0.15) is 0 Å². The lowest BCUT2D eigenvalue weighted by Gasteiger charge is -2.36. The van der Waals surface area contributed by atoms with Crippen molar-refractivity contribution in [2.75, 3.05) is 13.1 Å². The van der Waals surface area contributed by atoms with Crippen LogP contribution in [0.4, 0.5) is 0 Å². The molecule has 3 aromatic rings. The molecule has 0 amide bonds. The second kappa shape index (κ2) is 5.67. The maximum atomic E-state index is 4.92. The van der Waals surface area contributed by atoms with Crippen LogP contribution in [0.2, 0.25) is 0 Å². The van der Waals surface area contributed by atoms with Crippen molar-refractivity contribution < 1.29 is 0 Å². The van der Waals surface area contributed by atoms with E-state index in [0.29, 0.717) is 0 Å². The fourth-order valence-corrected chi connectivity index (χ4v) is 3.91. The van der Waals surface area contributed by atoms with E-state index in [-0.39, 0.29) is 0 Å². The normalized spacial score (nSPS) is 19.0. The maximum absolute atomic E-state index is 4.92. The number of rotatable bonds is 2. The Balaban J connectivity index is 1.48. The fourth-order valence-electron chi connectivity index (χ4n) is 3.91. The summed E-state index contributed by atoms with van der Waals surface area (Å²) in [4.78, 5) is 16.3. The largest absolute Gasteiger partial charge is 0.327 e. The smallest absolute Gasteiger partial charge is 0.159 e. The van der Waals surface area contributed by atoms with Crippen molar-refractivity contribution in [1.82, 2.24) is 24.4 Å². The molecule has 0 N–H and O–H groups in total. The molecule has 2 aromatic heterocycles. The van der Waals surface area contributed by atoms with Crippen molar-refractivity contribution in [2.24, 2.45) is 0 Å². The number of nitrogens with zero attached hydrogens (tertiary/aromatic N) is 5. The first-order valence-corrected chi connectivity index (χ1v) is 8.89. The summed E-state index contributed by atoms with van der Waals surface area (Å²) >= 11 is 0. The van der Waals surface area contributed by atoms with Crippen LogP contribution in [0, 0.1) is 0 Å². The Morgan fingerprint density at radius 3 is 2.67 bits per heavy atom. The molecule has 0 atom stereocenters. The molecule has 5 rings (SSSR count). The Hall–Kier alpha value is -2.27. The summed E-state index contributed by atoms with van der Waals surface area (Å²) in [5.74, 6) is 1.98. The molecule has 5 nitrogen and oxygen atoms in total. The first-order chi connectivity index (χ1) is 11.9. The van der Waals surface area contributed by atoms with Gasteiger partial charge < -0.3 is 4.57 Å². The lowest BCUT2D eigenvalue weighted by molar-refractivity contribution is 0.130. The van der Waals surface area contributed by atoms with Crippen molar-refractivity contribution in [3.63, 3.8) is 0 Å². The van der Waals surface area contributed by atoms with Gasteiger partial charge in [0, 0.05) is 50.1 Å². The van der Waals surface area contributed by atoms with E-state index >= 15 is 0 Å². The first kappa shape index (κ1) is 14.1. The van der Waals surface area contributed by atoms with Crippen LogP contribution in [0.1, 0.15) is 25.1 Å². The molecule has 0 spiro atoms. The van der Waals surface area contributed by atoms with E-state index < -0.39 is 0 Å². The van der Waals surface area contributed by atoms with Gasteiger partial charge in [-0.1, -0.05) is 6.42 Å². The molecule has 0 unspecified atom stereocenters. The van der Waals surface area contributed by atoms with Crippen molar-refractivity contribution >= 4 is 11.0 Å². The summed E-state index contributed by atoms with van der Waals surface area (Å²) in [5.41, 5.74) is 3.33. The third-order valence-corrected chi connectivity index (χ3v) is 5.48. The minimum Gasteiger partial charge on any atom is -0.327 e. The standard InChI is InChI=1S/C19H21N5/c1-3-15(4-1)23-10-7-18-22-16-13-14(19-20-8-2-9-21-19)5-6-17(16)24(18)12-11-23/h2,5-6,8-9,13,15H,1,3-4,7,10-12H2. The molecule has 1 saturated carbocycles. The molecule has 1 aliphatic carbocycles. The Labute approximate surface area is 141 Å². The minimum atomic E-state index is 0.763. The zero-order valence-corrected chi connectivity index (χ0v) is 13.7. The van der Waals surface area contributed by atoms with E-state index in [0.717, 1.165) is 49.0 Å². The lowest BCUT2D eigenvalue weighted by Crippen LogP contribution is -2.41. The van der Waals surface area contributed by atoms with Crippen molar-refractivity contribution in [3.8, 4) is 11.4 Å². The molecule has 1 fully saturated rings. The van der Waals surface area contributed by atoms with Gasteiger partial charge in [0.25, 0.3) is 0 Å². The Morgan fingerprint density at radius 2 is 1.88 bits per heavy atom. The highest BCUT2D eigenvalue weighted by atomic mass is 15.2. The van der Waals surface area contributed by atoms with Crippen LogP contribution in [0.25, 0.3) is 22.4 Å². The number of fused-ring (bicyclic) bond motifs is 3. The quantitative estimate of drug-likeness (QED) is 0.729. The monoisotopic (exact) mass is 319 g/mol. The highest BCUT2D eigenvalue weighted by Gasteiger charge is 2.27. The van der Waals surface area contributed by atoms with E-state index in [9.17, 15) is 0 Å². The summed E-state index contributed by atoms with van der Waals surface area (Å²) in [7, 11) is 0. The molecule has 3 heterocycles. The number of aromatic nitrogens is 4. The van der Waals surface area contributed by atoms with Gasteiger partial charge in [0.15, 0.2) is 5.82 Å². The zero-order valence-electron chi connectivity index (χ0n) is 13.7. The van der Waals surface area contributed by atoms with E-state index in [1.54, 1.807) is 12.4 Å². The van der Waals surface area contributed by atoms with E-state index in [4.69, 9.17) is 4.98 Å². The summed E-state index contributed by atoms with van der Waals surface area (Å²) in [6, 6.07) is 9.07. The van der Waals surface area contributed by atoms with Gasteiger partial charge in [-0.15, -0.1) is 0 Å². The number of hydrogen-bond donors (Lipinski definition) is 0. The van der Waals surface area contributed by atoms with Crippen molar-refractivity contribution in [2.45, 2.75) is 38.3 Å². The summed E-state index contributed by atoms with van der Waals surface area (Å²) in [5, 5.41) is 0. The molecular weight excluding hydrogens is 298 g/mol. The molecule has 5 heteroatoms. The molecule has 1 aromatic carbocycles. The van der Waals surface area contributed by atoms with Crippen molar-refractivity contribution in [3.05, 3.63) is 42.5 Å². The van der Waals surface area contributed by atoms with Crippen molar-refractivity contribution in [1.29, 1.82) is 0 Å². The van der Waals surface area contributed by atoms with Crippen LogP contribution in [-0.2, 0) is 13.0 Å². The highest BCUT2D eigenvalue weighted by Crippen LogP contribution is 2.28. The van der Waals surface area contributed by atoms with Gasteiger partial charge in [-0.3, -0.25) is 4.90 Å². The van der Waals surface area contributed by atoms with E-state index in [1.165, 1.54) is 30.6 Å². The topological polar surface area (TPSA) is 46.8 Å². The van der Waals surface area contributed by atoms with Crippen LogP contribution in [0.15, 0.2) is 36.7 Å². The summed E-state index contributed by atoms with van der Waals surface area (Å²) in [6.45, 7) is 3.33. The molecule has 24 heavy (non-hydrogen) atoms. The van der Waals surface area contributed by atoms with Crippen LogP contribution < -0.4 is 0 Å². The third kappa shape index (κ3) is 2.31. The lowest BCUT2D eigenvalue weighted by atomic mass is 9.91. The van der Waals surface area contributed by atoms with E-state index in [2.05, 4.69) is 37.6 Å². The Morgan fingerprint density at radius 1 is 1.00 bits per heavy atom. The second-order valence-corrected chi connectivity index (χ2v) is 6.83. The predicted octanol–water partition coefficient (Wildman–Crippen LogP) is 2.90. The average molecular weight is 319 g/mol. The van der Waals surface area contributed by atoms with Gasteiger partial charge in [0.1, 0.15) is 5.82 Å². The Kier molecular flexibility index (Phi) is 3.33. The fraction of sp³-hybridized carbons (Fsp3) is 0.421. The Bertz CT molecular complexity index is 866. The van der Waals surface area contributed by atoms with Gasteiger partial charge in [-0.25, -0.2) is 15.0 Å². The van der Waals surface area contributed by atoms with Gasteiger partial charge >= 0.3 is 0 Å². The predicted molar refractivity (Wildman–Crippen MR) is 93.7 cm³/mol. The molecule has 122 valence electrons. The number of hydrogen-bond acceptors (Lipinski definition) is 4. The summed E-state index contributed by atoms with van der Waals surface area (Å²) in [6.07, 6.45) is 8.77. The van der Waals surface area contributed by atoms with Gasteiger partial charge in [0.05, 0.1) is 11.0 Å². The number of imidazole rings is 1.